The lowest BCUT2D eigenvalue weighted by molar-refractivity contribution is 0.0342. The van der Waals surface area contributed by atoms with E-state index < -0.39 is 21.7 Å². The highest BCUT2D eigenvalue weighted by Gasteiger charge is 2.30. The van der Waals surface area contributed by atoms with Gasteiger partial charge in [0, 0.05) is 31.6 Å². The number of nitrogens with one attached hydrogen (secondary N) is 1. The summed E-state index contributed by atoms with van der Waals surface area (Å²) in [5, 5.41) is 0.721. The minimum Gasteiger partial charge on any atom is -0.451 e. The molecule has 2 aromatic carbocycles. The molecule has 3 aromatic rings. The van der Waals surface area contributed by atoms with Gasteiger partial charge in [-0.2, -0.15) is 4.31 Å². The number of hydrogen-bond acceptors (Lipinski definition) is 6. The van der Waals surface area contributed by atoms with Gasteiger partial charge in [-0.15, -0.1) is 0 Å². The molecule has 1 aromatic heterocycles. The van der Waals surface area contributed by atoms with Crippen molar-refractivity contribution in [3.05, 3.63) is 58.5 Å². The number of hydroxylamine groups is 1. The summed E-state index contributed by atoms with van der Waals surface area (Å²) >= 11 is 3.59. The summed E-state index contributed by atoms with van der Waals surface area (Å²) in [6.07, 6.45) is 0. The molecule has 32 heavy (non-hydrogen) atoms. The van der Waals surface area contributed by atoms with E-state index >= 15 is 0 Å². The van der Waals surface area contributed by atoms with E-state index in [1.54, 1.807) is 19.1 Å². The molecule has 0 aliphatic carbocycles. The van der Waals surface area contributed by atoms with Crippen molar-refractivity contribution in [3.8, 4) is 0 Å². The standard InChI is InChI=1S/C21H21BrFN3O5S/c1-2-30-24-21(27)19-13-16-18(31-19)7-6-17(20(16)22)25-8-10-26(11-9-25)32(28,29)15-5-3-4-14(23)12-15/h3-7,12-13H,2,8-11H2,1H3,(H,24,27). The number of halogens is 2. The van der Waals surface area contributed by atoms with Crippen molar-refractivity contribution in [3.63, 3.8) is 0 Å². The zero-order valence-electron chi connectivity index (χ0n) is 17.2. The molecule has 4 rings (SSSR count). The average molecular weight is 526 g/mol. The number of sulfonamides is 1. The lowest BCUT2D eigenvalue weighted by Crippen LogP contribution is -2.48. The Hall–Kier alpha value is -2.47. The highest BCUT2D eigenvalue weighted by molar-refractivity contribution is 9.10. The number of amides is 1. The van der Waals surface area contributed by atoms with E-state index in [2.05, 4.69) is 21.4 Å². The van der Waals surface area contributed by atoms with Crippen molar-refractivity contribution < 1.29 is 26.9 Å². The second kappa shape index (κ2) is 9.18. The molecule has 1 fully saturated rings. The molecule has 1 aliphatic heterocycles. The number of hydrogen-bond donors (Lipinski definition) is 1. The maximum Gasteiger partial charge on any atom is 0.310 e. The Morgan fingerprint density at radius 3 is 2.62 bits per heavy atom. The molecule has 2 heterocycles. The van der Waals surface area contributed by atoms with Gasteiger partial charge >= 0.3 is 5.91 Å². The predicted molar refractivity (Wildman–Crippen MR) is 120 cm³/mol. The first-order chi connectivity index (χ1) is 15.3. The van der Waals surface area contributed by atoms with Crippen LogP contribution in [-0.4, -0.2) is 51.4 Å². The number of anilines is 1. The number of rotatable bonds is 6. The number of piperazine rings is 1. The summed E-state index contributed by atoms with van der Waals surface area (Å²) < 4.78 is 46.9. The molecule has 0 radical (unpaired) electrons. The number of benzene rings is 2. The Morgan fingerprint density at radius 2 is 1.94 bits per heavy atom. The summed E-state index contributed by atoms with van der Waals surface area (Å²) in [5.74, 6) is -0.943. The quantitative estimate of drug-likeness (QED) is 0.495. The Balaban J connectivity index is 1.51. The molecule has 11 heteroatoms. The van der Waals surface area contributed by atoms with Crippen molar-refractivity contribution in [1.29, 1.82) is 0 Å². The molecule has 0 bridgehead atoms. The molecule has 1 saturated heterocycles. The minimum atomic E-state index is -3.77. The highest BCUT2D eigenvalue weighted by Crippen LogP contribution is 2.36. The van der Waals surface area contributed by atoms with Gasteiger partial charge in [0.05, 0.1) is 21.7 Å². The molecule has 0 atom stereocenters. The van der Waals surface area contributed by atoms with Gasteiger partial charge in [-0.1, -0.05) is 6.07 Å². The van der Waals surface area contributed by atoms with E-state index in [0.717, 1.165) is 21.6 Å². The maximum absolute atomic E-state index is 13.5. The fraction of sp³-hybridized carbons (Fsp3) is 0.286. The van der Waals surface area contributed by atoms with Gasteiger partial charge in [0.1, 0.15) is 11.4 Å². The zero-order valence-corrected chi connectivity index (χ0v) is 19.6. The van der Waals surface area contributed by atoms with E-state index in [9.17, 15) is 17.6 Å². The maximum atomic E-state index is 13.5. The molecule has 0 spiro atoms. The van der Waals surface area contributed by atoms with Gasteiger partial charge in [-0.05, 0) is 59.3 Å². The molecule has 1 aliphatic rings. The van der Waals surface area contributed by atoms with Crippen LogP contribution in [0.1, 0.15) is 17.5 Å². The molecule has 0 unspecified atom stereocenters. The van der Waals surface area contributed by atoms with Crippen LogP contribution >= 0.6 is 15.9 Å². The molecule has 0 saturated carbocycles. The molecular formula is C21H21BrFN3O5S. The van der Waals surface area contributed by atoms with Crippen molar-refractivity contribution in [2.24, 2.45) is 0 Å². The van der Waals surface area contributed by atoms with Gasteiger partial charge in [-0.25, -0.2) is 18.3 Å². The molecule has 1 amide bonds. The number of carbonyl (C=O) groups is 1. The first-order valence-corrected chi connectivity index (χ1v) is 12.2. The third kappa shape index (κ3) is 4.38. The monoisotopic (exact) mass is 525 g/mol. The smallest absolute Gasteiger partial charge is 0.310 e. The van der Waals surface area contributed by atoms with Crippen LogP contribution in [0, 0.1) is 5.82 Å². The van der Waals surface area contributed by atoms with Crippen LogP contribution in [0.15, 0.2) is 56.2 Å². The third-order valence-electron chi connectivity index (χ3n) is 5.16. The summed E-state index contributed by atoms with van der Waals surface area (Å²) in [5.41, 5.74) is 3.69. The first-order valence-electron chi connectivity index (χ1n) is 9.96. The first kappa shape index (κ1) is 22.7. The number of furan rings is 1. The van der Waals surface area contributed by atoms with Gasteiger partial charge in [-0.3, -0.25) is 9.63 Å². The highest BCUT2D eigenvalue weighted by atomic mass is 79.9. The van der Waals surface area contributed by atoms with Gasteiger partial charge in [0.2, 0.25) is 10.0 Å². The van der Waals surface area contributed by atoms with E-state index in [0.29, 0.717) is 25.3 Å². The zero-order chi connectivity index (χ0) is 22.9. The summed E-state index contributed by atoms with van der Waals surface area (Å²) in [6.45, 7) is 3.52. The van der Waals surface area contributed by atoms with E-state index in [-0.39, 0.29) is 23.7 Å². The van der Waals surface area contributed by atoms with Crippen molar-refractivity contribution in [2.75, 3.05) is 37.7 Å². The predicted octanol–water partition coefficient (Wildman–Crippen LogP) is 3.53. The molecule has 170 valence electrons. The number of carbonyl (C=O) groups excluding carboxylic acids is 1. The van der Waals surface area contributed by atoms with Crippen LogP contribution in [0.25, 0.3) is 11.0 Å². The average Bonchev–Trinajstić information content (AvgIpc) is 3.23. The SMILES string of the molecule is CCONC(=O)c1cc2c(Br)c(N3CCN(S(=O)(=O)c4cccc(F)c4)CC3)ccc2o1. The Kier molecular flexibility index (Phi) is 6.52. The van der Waals surface area contributed by atoms with Gasteiger partial charge < -0.3 is 9.32 Å². The second-order valence-corrected chi connectivity index (χ2v) is 9.86. The van der Waals surface area contributed by atoms with Gasteiger partial charge in [0.25, 0.3) is 0 Å². The van der Waals surface area contributed by atoms with E-state index in [1.807, 2.05) is 11.0 Å². The largest absolute Gasteiger partial charge is 0.451 e. The van der Waals surface area contributed by atoms with Crippen LogP contribution in [0.3, 0.4) is 0 Å². The molecule has 8 nitrogen and oxygen atoms in total. The van der Waals surface area contributed by atoms with Crippen LogP contribution in [0.5, 0.6) is 0 Å². The molecular weight excluding hydrogens is 505 g/mol. The van der Waals surface area contributed by atoms with Crippen molar-refractivity contribution in [1.82, 2.24) is 9.79 Å². The van der Waals surface area contributed by atoms with Crippen LogP contribution in [-0.2, 0) is 14.9 Å². The van der Waals surface area contributed by atoms with Gasteiger partial charge in [0.15, 0.2) is 5.76 Å². The summed E-state index contributed by atoms with van der Waals surface area (Å²) in [4.78, 5) is 19.0. The minimum absolute atomic E-state index is 0.0511. The summed E-state index contributed by atoms with van der Waals surface area (Å²) in [7, 11) is -3.77. The van der Waals surface area contributed by atoms with Crippen LogP contribution in [0.4, 0.5) is 10.1 Å². The number of nitrogens with zero attached hydrogens (tertiary/aromatic N) is 2. The number of fused-ring (bicyclic) bond motifs is 1. The fourth-order valence-corrected chi connectivity index (χ4v) is 5.70. The Labute approximate surface area is 193 Å². The lowest BCUT2D eigenvalue weighted by Gasteiger charge is -2.35. The second-order valence-electron chi connectivity index (χ2n) is 7.13. The topological polar surface area (TPSA) is 92.1 Å². The van der Waals surface area contributed by atoms with Crippen LogP contribution in [0.2, 0.25) is 0 Å². The summed E-state index contributed by atoms with van der Waals surface area (Å²) in [6, 6.07) is 10.3. The lowest BCUT2D eigenvalue weighted by atomic mass is 10.2. The Morgan fingerprint density at radius 1 is 1.19 bits per heavy atom. The fourth-order valence-electron chi connectivity index (χ4n) is 3.56. The molecule has 1 N–H and O–H groups in total. The van der Waals surface area contributed by atoms with Crippen molar-refractivity contribution >= 4 is 48.5 Å². The van der Waals surface area contributed by atoms with Crippen LogP contribution < -0.4 is 10.4 Å². The van der Waals surface area contributed by atoms with E-state index in [4.69, 9.17) is 9.25 Å². The normalized spacial score (nSPS) is 15.3. The van der Waals surface area contributed by atoms with E-state index in [1.165, 1.54) is 22.5 Å². The Bertz CT molecular complexity index is 1260. The third-order valence-corrected chi connectivity index (χ3v) is 7.89. The van der Waals surface area contributed by atoms with Crippen molar-refractivity contribution in [2.45, 2.75) is 11.8 Å².